The third kappa shape index (κ3) is 5.23. The second kappa shape index (κ2) is 10.8. The first kappa shape index (κ1) is 24.0. The van der Waals surface area contributed by atoms with Gasteiger partial charge in [0.25, 0.3) is 11.5 Å². The minimum absolute atomic E-state index is 0.321. The van der Waals surface area contributed by atoms with Gasteiger partial charge in [0.2, 0.25) is 0 Å². The molecule has 3 aromatic rings. The molecule has 3 N–H and O–H groups in total. The second-order valence-corrected chi connectivity index (χ2v) is 7.66. The van der Waals surface area contributed by atoms with Gasteiger partial charge in [-0.2, -0.15) is 0 Å². The van der Waals surface area contributed by atoms with Crippen LogP contribution in [0.25, 0.3) is 10.9 Å². The van der Waals surface area contributed by atoms with E-state index in [1.165, 1.54) is 9.47 Å². The van der Waals surface area contributed by atoms with Crippen molar-refractivity contribution >= 4 is 28.5 Å². The van der Waals surface area contributed by atoms with Crippen LogP contribution in [0.1, 0.15) is 41.5 Å². The van der Waals surface area contributed by atoms with E-state index >= 15 is 0 Å². The Morgan fingerprint density at radius 1 is 1.03 bits per heavy atom. The number of rotatable bonds is 9. The lowest BCUT2D eigenvalue weighted by atomic mass is 10.1. The van der Waals surface area contributed by atoms with E-state index in [4.69, 9.17) is 4.74 Å². The molecule has 3 rings (SSSR count). The zero-order valence-electron chi connectivity index (χ0n) is 19.2. The van der Waals surface area contributed by atoms with Gasteiger partial charge in [-0.25, -0.2) is 4.79 Å². The summed E-state index contributed by atoms with van der Waals surface area (Å²) < 4.78 is 6.77. The van der Waals surface area contributed by atoms with Crippen molar-refractivity contribution in [1.82, 2.24) is 4.57 Å². The third-order valence-corrected chi connectivity index (χ3v) is 5.76. The molecule has 0 saturated carbocycles. The van der Waals surface area contributed by atoms with Crippen molar-refractivity contribution in [2.45, 2.75) is 27.3 Å². The molecule has 0 aliphatic heterocycles. The van der Waals surface area contributed by atoms with Crippen molar-refractivity contribution in [2.24, 2.45) is 0 Å². The molecule has 0 saturated heterocycles. The standard InChI is InChI=1S/C25H29N3O5/c1-4-27(5-2)15-16-33-25(32)17-11-13-18(14-12-17)26-23(30)21-22(29)19-9-7-8-10-20(19)28(6-3)24(21)31/h7-14,29H,4-6,15-16H2,1-3H3,(H,26,30)/p+1. The van der Waals surface area contributed by atoms with Crippen LogP contribution in [-0.2, 0) is 11.3 Å². The minimum atomic E-state index is -0.719. The number of pyridine rings is 1. The zero-order chi connectivity index (χ0) is 24.0. The first-order chi connectivity index (χ1) is 15.9. The lowest BCUT2D eigenvalue weighted by Crippen LogP contribution is -3.11. The van der Waals surface area contributed by atoms with Crippen LogP contribution in [0.15, 0.2) is 53.3 Å². The van der Waals surface area contributed by atoms with Crippen LogP contribution in [0.2, 0.25) is 0 Å². The highest BCUT2D eigenvalue weighted by Crippen LogP contribution is 2.26. The number of para-hydroxylation sites is 1. The second-order valence-electron chi connectivity index (χ2n) is 7.66. The van der Waals surface area contributed by atoms with Gasteiger partial charge in [0.1, 0.15) is 24.5 Å². The fraction of sp³-hybridized carbons (Fsp3) is 0.320. The van der Waals surface area contributed by atoms with E-state index in [-0.39, 0.29) is 11.3 Å². The molecular formula is C25H30N3O5+. The average Bonchev–Trinajstić information content (AvgIpc) is 2.82. The maximum absolute atomic E-state index is 12.9. The van der Waals surface area contributed by atoms with Crippen LogP contribution in [0.3, 0.4) is 0 Å². The van der Waals surface area contributed by atoms with E-state index in [0.29, 0.717) is 35.3 Å². The predicted octanol–water partition coefficient (Wildman–Crippen LogP) is 2.06. The molecule has 1 heterocycles. The van der Waals surface area contributed by atoms with Gasteiger partial charge in [0, 0.05) is 17.6 Å². The molecule has 2 aromatic carbocycles. The number of anilines is 1. The topological polar surface area (TPSA) is 102 Å². The molecular weight excluding hydrogens is 422 g/mol. The maximum Gasteiger partial charge on any atom is 0.338 e. The number of carbonyl (C=O) groups excluding carboxylic acids is 2. The SMILES string of the molecule is CCn1c(=O)c(C(=O)Nc2ccc(C(=O)OCC[NH+](CC)CC)cc2)c(O)c2ccccc21. The summed E-state index contributed by atoms with van der Waals surface area (Å²) in [4.78, 5) is 39.3. The number of quaternary nitrogens is 1. The predicted molar refractivity (Wildman–Crippen MR) is 127 cm³/mol. The number of aromatic hydroxyl groups is 1. The Labute approximate surface area is 192 Å². The Hall–Kier alpha value is -3.65. The van der Waals surface area contributed by atoms with Gasteiger partial charge in [0.05, 0.1) is 24.2 Å². The number of esters is 1. The first-order valence-corrected chi connectivity index (χ1v) is 11.2. The number of nitrogens with zero attached hydrogens (tertiary/aromatic N) is 1. The summed E-state index contributed by atoms with van der Waals surface area (Å²) in [5, 5.41) is 13.7. The lowest BCUT2D eigenvalue weighted by Gasteiger charge is -2.15. The van der Waals surface area contributed by atoms with Crippen LogP contribution < -0.4 is 15.8 Å². The van der Waals surface area contributed by atoms with Crippen LogP contribution in [0.5, 0.6) is 5.75 Å². The van der Waals surface area contributed by atoms with Crippen molar-refractivity contribution in [3.8, 4) is 5.75 Å². The van der Waals surface area contributed by atoms with E-state index in [1.807, 2.05) is 0 Å². The van der Waals surface area contributed by atoms with E-state index < -0.39 is 17.4 Å². The van der Waals surface area contributed by atoms with E-state index in [1.54, 1.807) is 55.5 Å². The highest BCUT2D eigenvalue weighted by molar-refractivity contribution is 6.09. The maximum atomic E-state index is 12.9. The molecule has 0 unspecified atom stereocenters. The number of carbonyl (C=O) groups is 2. The number of benzene rings is 2. The van der Waals surface area contributed by atoms with Crippen molar-refractivity contribution in [3.63, 3.8) is 0 Å². The fourth-order valence-electron chi connectivity index (χ4n) is 3.77. The van der Waals surface area contributed by atoms with Crippen molar-refractivity contribution in [1.29, 1.82) is 0 Å². The van der Waals surface area contributed by atoms with Crippen LogP contribution >= 0.6 is 0 Å². The number of aromatic nitrogens is 1. The molecule has 0 bridgehead atoms. The fourth-order valence-corrected chi connectivity index (χ4v) is 3.77. The van der Waals surface area contributed by atoms with Crippen molar-refractivity contribution in [3.05, 3.63) is 70.0 Å². The number of aryl methyl sites for hydroxylation is 1. The normalized spacial score (nSPS) is 11.0. The molecule has 0 atom stereocenters. The Balaban J connectivity index is 1.75. The summed E-state index contributed by atoms with van der Waals surface area (Å²) in [7, 11) is 0. The van der Waals surface area contributed by atoms with Crippen LogP contribution in [0, 0.1) is 0 Å². The quantitative estimate of drug-likeness (QED) is 0.432. The molecule has 1 aromatic heterocycles. The molecule has 0 fully saturated rings. The highest BCUT2D eigenvalue weighted by Gasteiger charge is 2.22. The number of hydrogen-bond donors (Lipinski definition) is 3. The number of fused-ring (bicyclic) bond motifs is 1. The smallest absolute Gasteiger partial charge is 0.338 e. The Morgan fingerprint density at radius 2 is 1.70 bits per heavy atom. The molecule has 8 nitrogen and oxygen atoms in total. The summed E-state index contributed by atoms with van der Waals surface area (Å²) in [5.74, 6) is -1.51. The van der Waals surface area contributed by atoms with Gasteiger partial charge in [0.15, 0.2) is 0 Å². The zero-order valence-corrected chi connectivity index (χ0v) is 19.2. The van der Waals surface area contributed by atoms with Crippen LogP contribution in [-0.4, -0.2) is 47.8 Å². The van der Waals surface area contributed by atoms with Gasteiger partial charge in [-0.15, -0.1) is 0 Å². The molecule has 8 heteroatoms. The van der Waals surface area contributed by atoms with E-state index in [9.17, 15) is 19.5 Å². The Kier molecular flexibility index (Phi) is 7.84. The average molecular weight is 453 g/mol. The molecule has 0 spiro atoms. The highest BCUT2D eigenvalue weighted by atomic mass is 16.5. The largest absolute Gasteiger partial charge is 0.506 e. The summed E-state index contributed by atoms with van der Waals surface area (Å²) in [6.07, 6.45) is 0. The lowest BCUT2D eigenvalue weighted by molar-refractivity contribution is -0.896. The van der Waals surface area contributed by atoms with Crippen LogP contribution in [0.4, 0.5) is 5.69 Å². The van der Waals surface area contributed by atoms with Gasteiger partial charge in [-0.05, 0) is 57.2 Å². The summed E-state index contributed by atoms with van der Waals surface area (Å²) >= 11 is 0. The molecule has 0 aliphatic rings. The number of hydrogen-bond acceptors (Lipinski definition) is 5. The first-order valence-electron chi connectivity index (χ1n) is 11.2. The molecule has 33 heavy (non-hydrogen) atoms. The van der Waals surface area contributed by atoms with Gasteiger partial charge >= 0.3 is 5.97 Å². The number of nitrogens with one attached hydrogen (secondary N) is 2. The monoisotopic (exact) mass is 452 g/mol. The molecule has 1 amide bonds. The summed E-state index contributed by atoms with van der Waals surface area (Å²) in [6.45, 7) is 9.35. The van der Waals surface area contributed by atoms with Gasteiger partial charge in [-0.3, -0.25) is 9.59 Å². The number of likely N-dealkylation sites (N-methyl/N-ethyl adjacent to an activating group) is 1. The van der Waals surface area contributed by atoms with E-state index in [0.717, 1.165) is 19.6 Å². The summed E-state index contributed by atoms with van der Waals surface area (Å²) in [5.41, 5.74) is 0.424. The van der Waals surface area contributed by atoms with Crippen molar-refractivity contribution in [2.75, 3.05) is 31.6 Å². The number of amides is 1. The minimum Gasteiger partial charge on any atom is -0.506 e. The van der Waals surface area contributed by atoms with Gasteiger partial charge in [-0.1, -0.05) is 12.1 Å². The Morgan fingerprint density at radius 3 is 2.33 bits per heavy atom. The Bertz CT molecular complexity index is 1200. The number of ether oxygens (including phenoxy) is 1. The summed E-state index contributed by atoms with van der Waals surface area (Å²) in [6, 6.07) is 13.1. The molecule has 0 radical (unpaired) electrons. The van der Waals surface area contributed by atoms with Crippen molar-refractivity contribution < 1.29 is 24.3 Å². The third-order valence-electron chi connectivity index (χ3n) is 5.76. The van der Waals surface area contributed by atoms with E-state index in [2.05, 4.69) is 19.2 Å². The molecule has 174 valence electrons. The van der Waals surface area contributed by atoms with Gasteiger partial charge < -0.3 is 24.6 Å². The molecule has 0 aliphatic carbocycles.